The molecule has 0 aromatic heterocycles. The monoisotopic (exact) mass is 198 g/mol. The average Bonchev–Trinajstić information content (AvgIpc) is 2.54. The second kappa shape index (κ2) is 5.72. The highest BCUT2D eigenvalue weighted by Gasteiger charge is 2.32. The van der Waals surface area contributed by atoms with Gasteiger partial charge in [0.15, 0.2) is 0 Å². The summed E-state index contributed by atoms with van der Waals surface area (Å²) in [6.07, 6.45) is 6.63. The van der Waals surface area contributed by atoms with E-state index in [9.17, 15) is 0 Å². The third-order valence-electron chi connectivity index (χ3n) is 3.24. The standard InChI is InChI=1S/C12H26N2/c1-4-7-12(8-6-9-13-12)11-14(3)10-5-2/h13H,4-11H2,1-3H3. The van der Waals surface area contributed by atoms with Gasteiger partial charge in [-0.2, -0.15) is 0 Å². The van der Waals surface area contributed by atoms with Crippen LogP contribution in [0.2, 0.25) is 0 Å². The van der Waals surface area contributed by atoms with Gasteiger partial charge in [0.1, 0.15) is 0 Å². The van der Waals surface area contributed by atoms with Gasteiger partial charge < -0.3 is 10.2 Å². The lowest BCUT2D eigenvalue weighted by atomic mass is 9.91. The van der Waals surface area contributed by atoms with Crippen LogP contribution in [0.1, 0.15) is 46.0 Å². The number of nitrogens with one attached hydrogen (secondary N) is 1. The molecule has 1 rings (SSSR count). The minimum absolute atomic E-state index is 0.443. The molecule has 84 valence electrons. The van der Waals surface area contributed by atoms with Gasteiger partial charge in [0.2, 0.25) is 0 Å². The van der Waals surface area contributed by atoms with E-state index in [1.54, 1.807) is 0 Å². The predicted octanol–water partition coefficient (Wildman–Crippen LogP) is 2.25. The average molecular weight is 198 g/mol. The van der Waals surface area contributed by atoms with E-state index in [0.717, 1.165) is 0 Å². The summed E-state index contributed by atoms with van der Waals surface area (Å²) in [4.78, 5) is 2.48. The van der Waals surface area contributed by atoms with Gasteiger partial charge in [0.25, 0.3) is 0 Å². The SMILES string of the molecule is CCCN(C)CC1(CCC)CCCN1. The Bertz CT molecular complexity index is 150. The normalized spacial score (nSPS) is 27.4. The zero-order valence-corrected chi connectivity index (χ0v) is 10.1. The minimum Gasteiger partial charge on any atom is -0.310 e. The van der Waals surface area contributed by atoms with Crippen molar-refractivity contribution in [2.24, 2.45) is 0 Å². The summed E-state index contributed by atoms with van der Waals surface area (Å²) in [5, 5.41) is 3.72. The van der Waals surface area contributed by atoms with Crippen LogP contribution in [0.25, 0.3) is 0 Å². The maximum absolute atomic E-state index is 3.72. The highest BCUT2D eigenvalue weighted by atomic mass is 15.2. The number of rotatable bonds is 6. The predicted molar refractivity (Wildman–Crippen MR) is 62.7 cm³/mol. The van der Waals surface area contributed by atoms with E-state index in [0.29, 0.717) is 5.54 Å². The van der Waals surface area contributed by atoms with Crippen LogP contribution >= 0.6 is 0 Å². The van der Waals surface area contributed by atoms with Crippen LogP contribution < -0.4 is 5.32 Å². The van der Waals surface area contributed by atoms with Crippen molar-refractivity contribution in [1.29, 1.82) is 0 Å². The summed E-state index contributed by atoms with van der Waals surface area (Å²) in [7, 11) is 2.25. The molecular weight excluding hydrogens is 172 g/mol. The van der Waals surface area contributed by atoms with Crippen molar-refractivity contribution in [3.05, 3.63) is 0 Å². The van der Waals surface area contributed by atoms with E-state index in [4.69, 9.17) is 0 Å². The molecule has 2 heteroatoms. The molecule has 1 unspecified atom stereocenters. The summed E-state index contributed by atoms with van der Waals surface area (Å²) in [6.45, 7) is 8.23. The second-order valence-corrected chi connectivity index (χ2v) is 4.80. The van der Waals surface area contributed by atoms with Gasteiger partial charge in [-0.3, -0.25) is 0 Å². The molecule has 0 aromatic carbocycles. The Labute approximate surface area is 89.1 Å². The first kappa shape index (κ1) is 12.0. The molecule has 1 N–H and O–H groups in total. The fourth-order valence-electron chi connectivity index (χ4n) is 2.75. The van der Waals surface area contributed by atoms with Gasteiger partial charge >= 0.3 is 0 Å². The quantitative estimate of drug-likeness (QED) is 0.704. The molecule has 0 bridgehead atoms. The zero-order valence-electron chi connectivity index (χ0n) is 10.1. The number of hydrogen-bond acceptors (Lipinski definition) is 2. The first-order valence-corrected chi connectivity index (χ1v) is 6.16. The van der Waals surface area contributed by atoms with Crippen LogP contribution in [0.15, 0.2) is 0 Å². The van der Waals surface area contributed by atoms with Crippen molar-refractivity contribution >= 4 is 0 Å². The molecular formula is C12H26N2. The van der Waals surface area contributed by atoms with Gasteiger partial charge in [-0.1, -0.05) is 20.3 Å². The van der Waals surface area contributed by atoms with Crippen LogP contribution in [0, 0.1) is 0 Å². The topological polar surface area (TPSA) is 15.3 Å². The molecule has 0 amide bonds. The van der Waals surface area contributed by atoms with Gasteiger partial charge in [0.05, 0.1) is 0 Å². The molecule has 0 spiro atoms. The minimum atomic E-state index is 0.443. The number of hydrogen-bond donors (Lipinski definition) is 1. The van der Waals surface area contributed by atoms with E-state index in [1.165, 1.54) is 51.7 Å². The smallest absolute Gasteiger partial charge is 0.0309 e. The van der Waals surface area contributed by atoms with Crippen LogP contribution in [-0.4, -0.2) is 37.1 Å². The number of nitrogens with zero attached hydrogens (tertiary/aromatic N) is 1. The first-order chi connectivity index (χ1) is 6.72. The lowest BCUT2D eigenvalue weighted by molar-refractivity contribution is 0.213. The maximum atomic E-state index is 3.72. The molecule has 1 saturated heterocycles. The Balaban J connectivity index is 2.42. The Morgan fingerprint density at radius 2 is 2.07 bits per heavy atom. The molecule has 0 radical (unpaired) electrons. The van der Waals surface area contributed by atoms with Gasteiger partial charge in [-0.05, 0) is 45.8 Å². The van der Waals surface area contributed by atoms with E-state index >= 15 is 0 Å². The van der Waals surface area contributed by atoms with Crippen molar-refractivity contribution in [3.8, 4) is 0 Å². The largest absolute Gasteiger partial charge is 0.310 e. The lowest BCUT2D eigenvalue weighted by Crippen LogP contribution is -2.48. The maximum Gasteiger partial charge on any atom is 0.0309 e. The lowest BCUT2D eigenvalue weighted by Gasteiger charge is -2.33. The van der Waals surface area contributed by atoms with Crippen molar-refractivity contribution < 1.29 is 0 Å². The highest BCUT2D eigenvalue weighted by Crippen LogP contribution is 2.25. The molecule has 1 aliphatic rings. The van der Waals surface area contributed by atoms with Crippen LogP contribution in [0.5, 0.6) is 0 Å². The third-order valence-corrected chi connectivity index (χ3v) is 3.24. The molecule has 0 aromatic rings. The Morgan fingerprint density at radius 3 is 2.57 bits per heavy atom. The molecule has 14 heavy (non-hydrogen) atoms. The van der Waals surface area contributed by atoms with Crippen molar-refractivity contribution in [1.82, 2.24) is 10.2 Å². The first-order valence-electron chi connectivity index (χ1n) is 6.16. The molecule has 2 nitrogen and oxygen atoms in total. The summed E-state index contributed by atoms with van der Waals surface area (Å²) < 4.78 is 0. The van der Waals surface area contributed by atoms with Gasteiger partial charge in [-0.15, -0.1) is 0 Å². The fraction of sp³-hybridized carbons (Fsp3) is 1.00. The van der Waals surface area contributed by atoms with Crippen LogP contribution in [0.4, 0.5) is 0 Å². The molecule has 1 heterocycles. The van der Waals surface area contributed by atoms with E-state index in [2.05, 4.69) is 31.1 Å². The molecule has 0 saturated carbocycles. The summed E-state index contributed by atoms with van der Waals surface area (Å²) in [5.74, 6) is 0. The summed E-state index contributed by atoms with van der Waals surface area (Å²) in [6, 6.07) is 0. The van der Waals surface area contributed by atoms with Gasteiger partial charge in [-0.25, -0.2) is 0 Å². The third kappa shape index (κ3) is 3.25. The van der Waals surface area contributed by atoms with Crippen molar-refractivity contribution in [3.63, 3.8) is 0 Å². The molecule has 0 aliphatic carbocycles. The molecule has 1 fully saturated rings. The van der Waals surface area contributed by atoms with E-state index in [-0.39, 0.29) is 0 Å². The van der Waals surface area contributed by atoms with Gasteiger partial charge in [0, 0.05) is 12.1 Å². The van der Waals surface area contributed by atoms with Crippen molar-refractivity contribution in [2.75, 3.05) is 26.7 Å². The van der Waals surface area contributed by atoms with Crippen molar-refractivity contribution in [2.45, 2.75) is 51.5 Å². The van der Waals surface area contributed by atoms with Crippen LogP contribution in [0.3, 0.4) is 0 Å². The summed E-state index contributed by atoms with van der Waals surface area (Å²) >= 11 is 0. The Morgan fingerprint density at radius 1 is 1.29 bits per heavy atom. The second-order valence-electron chi connectivity index (χ2n) is 4.80. The Kier molecular flexibility index (Phi) is 4.90. The highest BCUT2D eigenvalue weighted by molar-refractivity contribution is 4.94. The zero-order chi connectivity index (χ0) is 10.4. The number of likely N-dealkylation sites (N-methyl/N-ethyl adjacent to an activating group) is 1. The summed E-state index contributed by atoms with van der Waals surface area (Å²) in [5.41, 5.74) is 0.443. The van der Waals surface area contributed by atoms with E-state index in [1.807, 2.05) is 0 Å². The molecule has 1 aliphatic heterocycles. The fourth-order valence-corrected chi connectivity index (χ4v) is 2.75. The molecule has 1 atom stereocenters. The van der Waals surface area contributed by atoms with Crippen LogP contribution in [-0.2, 0) is 0 Å². The van der Waals surface area contributed by atoms with E-state index < -0.39 is 0 Å². The Hall–Kier alpha value is -0.0800.